The highest BCUT2D eigenvalue weighted by Gasteiger charge is 2.39. The largest absolute Gasteiger partial charge is 0.220 e. The molecular formula is C80H106N3Si3+3. The molecule has 3 aliphatic rings. The highest BCUT2D eigenvalue weighted by molar-refractivity contribution is 6.94. The number of aromatic nitrogens is 3. The number of nitrogens with zero attached hydrogens (tertiary/aromatic N) is 3. The number of hydrogen-bond acceptors (Lipinski definition) is 0. The van der Waals surface area contributed by atoms with E-state index in [2.05, 4.69) is 299 Å². The lowest BCUT2D eigenvalue weighted by molar-refractivity contribution is -0.659. The van der Waals surface area contributed by atoms with Gasteiger partial charge in [-0.25, -0.2) is 13.7 Å². The molecule has 6 heteroatoms. The average molecular weight is 1190 g/mol. The van der Waals surface area contributed by atoms with Crippen LogP contribution < -0.4 is 29.3 Å². The van der Waals surface area contributed by atoms with E-state index in [9.17, 15) is 0 Å². The molecule has 86 heavy (non-hydrogen) atoms. The zero-order valence-corrected chi connectivity index (χ0v) is 60.4. The monoisotopic (exact) mass is 1190 g/mol. The molecule has 3 fully saturated rings. The maximum Gasteiger partial charge on any atom is 0.220 e. The maximum absolute atomic E-state index is 2.56. The zero-order valence-electron chi connectivity index (χ0n) is 57.4. The predicted molar refractivity (Wildman–Crippen MR) is 382 cm³/mol. The number of aryl methyl sites for hydroxylation is 5. The Morgan fingerprint density at radius 2 is 0.663 bits per heavy atom. The van der Waals surface area contributed by atoms with Gasteiger partial charge in [0, 0.05) is 23.8 Å². The molecule has 12 rings (SSSR count). The number of fused-ring (bicyclic) bond motifs is 3. The van der Waals surface area contributed by atoms with Crippen LogP contribution in [-0.2, 0) is 42.8 Å². The van der Waals surface area contributed by atoms with Gasteiger partial charge in [0.1, 0.15) is 21.1 Å². The van der Waals surface area contributed by atoms with Crippen molar-refractivity contribution in [3.63, 3.8) is 0 Å². The predicted octanol–water partition coefficient (Wildman–Crippen LogP) is 18.5. The Labute approximate surface area is 523 Å². The van der Waals surface area contributed by atoms with Crippen molar-refractivity contribution in [1.29, 1.82) is 0 Å². The first-order chi connectivity index (χ1) is 40.1. The standard InChI is InChI=1S/C29H40NSi.C26H34NSi.C25H32NSi/c1-20-25(18-22(28(2,3)4)19-26(20)29(5,6)7)27-24-12-11-23(31(9)15-10-16-31)17-21(24)13-14-30(27)8;1-18-15-21(26(3,4)5)17-24(19(18)2)25-23-10-9-22(28(7)13-8-14-28)16-20(23)11-12-27(25)6;1-18-8-9-20(25(2,3)4)17-23(18)24-22-11-10-21(27(6)14-7-15-27)16-19(22)12-13-26(24)5/h11-14,17-19H,10,15-16H2,1-9H3;9-12,15-17H,8,13-14H2,1-7H3;8-13,16-17H,7,14-15H2,1-6H3/q3*+1. The van der Waals surface area contributed by atoms with E-state index in [1.165, 1.54) is 166 Å². The Morgan fingerprint density at radius 1 is 0.326 bits per heavy atom. The minimum absolute atomic E-state index is 0.112. The first-order valence-electron chi connectivity index (χ1n) is 32.8. The van der Waals surface area contributed by atoms with Crippen LogP contribution in [0.15, 0.2) is 134 Å². The minimum atomic E-state index is -1.19. The van der Waals surface area contributed by atoms with Gasteiger partial charge < -0.3 is 0 Å². The Kier molecular flexibility index (Phi) is 16.9. The van der Waals surface area contributed by atoms with Crippen LogP contribution in [0.3, 0.4) is 0 Å². The van der Waals surface area contributed by atoms with Gasteiger partial charge in [0.2, 0.25) is 17.1 Å². The van der Waals surface area contributed by atoms with E-state index in [0.29, 0.717) is 0 Å². The SMILES string of the molecule is Cc1c(-c2c3ccc([Si]4(C)CCC4)cc3cc[n+]2C)cc(C(C)(C)C)cc1C(C)(C)C.Cc1cc(C(C)(C)C)cc(-c2c3ccc([Si]4(C)CCC4)cc3cc[n+]2C)c1C.Cc1ccc(C(C)(C)C)cc1-c1c2ccc([Si]3(C)CCC3)cc2cc[n+]1C. The lowest BCUT2D eigenvalue weighted by Crippen LogP contribution is -2.50. The van der Waals surface area contributed by atoms with Gasteiger partial charge in [-0.3, -0.25) is 0 Å². The third-order valence-corrected chi connectivity index (χ3v) is 35.2. The molecule has 0 bridgehead atoms. The van der Waals surface area contributed by atoms with Gasteiger partial charge >= 0.3 is 0 Å². The van der Waals surface area contributed by atoms with E-state index in [1.54, 1.807) is 15.6 Å². The fourth-order valence-corrected chi connectivity index (χ4v) is 23.2. The van der Waals surface area contributed by atoms with Crippen LogP contribution in [-0.4, -0.2) is 24.2 Å². The second-order valence-corrected chi connectivity index (χ2v) is 46.3. The smallest absolute Gasteiger partial charge is 0.200 e. The normalized spacial score (nSPS) is 16.3. The molecule has 6 heterocycles. The highest BCUT2D eigenvalue weighted by atomic mass is 28.3. The topological polar surface area (TPSA) is 11.6 Å². The van der Waals surface area contributed by atoms with Crippen LogP contribution in [0.5, 0.6) is 0 Å². The van der Waals surface area contributed by atoms with Crippen molar-refractivity contribution in [2.45, 2.75) is 208 Å². The molecule has 0 radical (unpaired) electrons. The summed E-state index contributed by atoms with van der Waals surface area (Å²) in [5.74, 6) is 0. The van der Waals surface area contributed by atoms with E-state index >= 15 is 0 Å². The summed E-state index contributed by atoms with van der Waals surface area (Å²) < 4.78 is 6.92. The van der Waals surface area contributed by atoms with Crippen molar-refractivity contribution in [3.05, 3.63) is 178 Å². The lowest BCUT2D eigenvalue weighted by Gasteiger charge is -2.36. The highest BCUT2D eigenvalue weighted by Crippen LogP contribution is 2.42. The molecule has 0 aliphatic carbocycles. The Morgan fingerprint density at radius 3 is 1.00 bits per heavy atom. The lowest BCUT2D eigenvalue weighted by atomic mass is 9.76. The summed E-state index contributed by atoms with van der Waals surface area (Å²) in [7, 11) is 3.06. The third-order valence-electron chi connectivity index (χ3n) is 21.4. The van der Waals surface area contributed by atoms with E-state index in [4.69, 9.17) is 0 Å². The summed E-state index contributed by atoms with van der Waals surface area (Å²) in [5.41, 5.74) is 19.9. The second-order valence-electron chi connectivity index (χ2n) is 32.2. The van der Waals surface area contributed by atoms with Gasteiger partial charge in [-0.2, -0.15) is 0 Å². The Hall–Kier alpha value is -5.80. The number of pyridine rings is 3. The van der Waals surface area contributed by atoms with Gasteiger partial charge in [-0.15, -0.1) is 0 Å². The van der Waals surface area contributed by atoms with Crippen molar-refractivity contribution in [2.75, 3.05) is 0 Å². The van der Waals surface area contributed by atoms with Crippen molar-refractivity contribution in [1.82, 2.24) is 0 Å². The molecule has 0 amide bonds. The molecule has 0 saturated carbocycles. The molecule has 0 atom stereocenters. The molecule has 3 nitrogen and oxygen atoms in total. The fourth-order valence-electron chi connectivity index (χ4n) is 14.3. The van der Waals surface area contributed by atoms with Crippen LogP contribution in [0.1, 0.15) is 147 Å². The van der Waals surface area contributed by atoms with Crippen LogP contribution in [0, 0.1) is 27.7 Å². The van der Waals surface area contributed by atoms with E-state index < -0.39 is 24.2 Å². The zero-order chi connectivity index (χ0) is 62.4. The van der Waals surface area contributed by atoms with E-state index in [-0.39, 0.29) is 21.7 Å². The van der Waals surface area contributed by atoms with Crippen molar-refractivity contribution < 1.29 is 13.7 Å². The summed E-state index contributed by atoms with van der Waals surface area (Å²) in [4.78, 5) is 0. The molecule has 3 aromatic heterocycles. The van der Waals surface area contributed by atoms with Gasteiger partial charge in [-0.05, 0) is 146 Å². The van der Waals surface area contributed by atoms with Crippen LogP contribution in [0.4, 0.5) is 0 Å². The van der Waals surface area contributed by atoms with Crippen molar-refractivity contribution in [2.24, 2.45) is 21.1 Å². The second kappa shape index (κ2) is 23.0. The number of hydrogen-bond donors (Lipinski definition) is 0. The molecule has 0 N–H and O–H groups in total. The number of rotatable bonds is 6. The van der Waals surface area contributed by atoms with Crippen LogP contribution in [0.2, 0.25) is 55.9 Å². The average Bonchev–Trinajstić information content (AvgIpc) is 0.898. The molecular weight excluding hydrogens is 1090 g/mol. The molecule has 6 aromatic carbocycles. The molecule has 9 aromatic rings. The van der Waals surface area contributed by atoms with Crippen LogP contribution in [0.25, 0.3) is 66.1 Å². The van der Waals surface area contributed by atoms with Gasteiger partial charge in [0.15, 0.2) is 18.6 Å². The van der Waals surface area contributed by atoms with E-state index in [0.717, 1.165) is 0 Å². The quantitative estimate of drug-likeness (QED) is 0.116. The minimum Gasteiger partial charge on any atom is -0.200 e. The first-order valence-corrected chi connectivity index (χ1v) is 41.5. The summed E-state index contributed by atoms with van der Waals surface area (Å²) >= 11 is 0. The molecule has 0 unspecified atom stereocenters. The number of benzene rings is 6. The summed E-state index contributed by atoms with van der Waals surface area (Å²) in [5, 5.41) is 13.2. The third kappa shape index (κ3) is 12.2. The molecule has 3 saturated heterocycles. The van der Waals surface area contributed by atoms with Crippen LogP contribution >= 0.6 is 0 Å². The summed E-state index contributed by atoms with van der Waals surface area (Å²) in [6.07, 6.45) is 11.0. The molecule has 0 spiro atoms. The summed E-state index contributed by atoms with van der Waals surface area (Å²) in [6, 6.07) is 54.3. The van der Waals surface area contributed by atoms with E-state index in [1.807, 2.05) is 0 Å². The van der Waals surface area contributed by atoms with Gasteiger partial charge in [-0.1, -0.05) is 234 Å². The summed E-state index contributed by atoms with van der Waals surface area (Å²) in [6.45, 7) is 44.5. The molecule has 3 aliphatic heterocycles. The van der Waals surface area contributed by atoms with Crippen molar-refractivity contribution >= 4 is 72.1 Å². The Balaban J connectivity index is 0.000000143. The van der Waals surface area contributed by atoms with Gasteiger partial charge in [0.25, 0.3) is 0 Å². The molecule has 450 valence electrons. The Bertz CT molecular complexity index is 4080. The fraction of sp³-hybridized carbons (Fsp3) is 0.438. The van der Waals surface area contributed by atoms with Gasteiger partial charge in [0.05, 0.1) is 51.5 Å². The maximum atomic E-state index is 2.56. The van der Waals surface area contributed by atoms with Crippen molar-refractivity contribution in [3.8, 4) is 33.8 Å². The first kappa shape index (κ1) is 63.2.